The Morgan fingerprint density at radius 2 is 1.48 bits per heavy atom. The second-order valence-electron chi connectivity index (χ2n) is 5.74. The molecule has 1 aliphatic heterocycles. The molecule has 0 spiro atoms. The molecule has 1 heterocycles. The van der Waals surface area contributed by atoms with Gasteiger partial charge in [-0.25, -0.2) is 0 Å². The van der Waals surface area contributed by atoms with Crippen molar-refractivity contribution in [1.29, 1.82) is 0 Å². The van der Waals surface area contributed by atoms with E-state index in [1.54, 1.807) is 0 Å². The summed E-state index contributed by atoms with van der Waals surface area (Å²) in [6.45, 7) is 1.36. The molecule has 0 bridgehead atoms. The van der Waals surface area contributed by atoms with Crippen molar-refractivity contribution in [2.75, 3.05) is 13.1 Å². The lowest BCUT2D eigenvalue weighted by Gasteiger charge is -2.02. The number of hydrogen-bond donors (Lipinski definition) is 8. The SMILES string of the molecule is NCCC[C@H](N)C(=O)O.N[C@@H](CCC(=O)O)C(=O)O.O=C(O)[C@@H]1CCCN1. The van der Waals surface area contributed by atoms with Crippen LogP contribution in [-0.4, -0.2) is 75.5 Å². The highest BCUT2D eigenvalue weighted by atomic mass is 16.4. The van der Waals surface area contributed by atoms with Gasteiger partial charge in [-0.15, -0.1) is 0 Å². The minimum Gasteiger partial charge on any atom is -0.481 e. The van der Waals surface area contributed by atoms with E-state index < -0.39 is 36.0 Å². The number of aliphatic carboxylic acids is 4. The van der Waals surface area contributed by atoms with E-state index in [0.29, 0.717) is 19.4 Å². The molecule has 11 N–H and O–H groups in total. The third-order valence-corrected chi connectivity index (χ3v) is 3.38. The van der Waals surface area contributed by atoms with Crippen LogP contribution in [0.4, 0.5) is 0 Å². The number of carbonyl (C=O) groups is 4. The summed E-state index contributed by atoms with van der Waals surface area (Å²) in [5.41, 5.74) is 15.3. The largest absolute Gasteiger partial charge is 0.481 e. The van der Waals surface area contributed by atoms with E-state index in [-0.39, 0.29) is 18.9 Å². The van der Waals surface area contributed by atoms with Gasteiger partial charge in [-0.05, 0) is 45.2 Å². The third kappa shape index (κ3) is 16.9. The van der Waals surface area contributed by atoms with Gasteiger partial charge in [0.05, 0.1) is 0 Å². The predicted octanol–water partition coefficient (Wildman–Crippen LogP) is -1.78. The van der Waals surface area contributed by atoms with Crippen LogP contribution in [0.5, 0.6) is 0 Å². The number of carboxylic acid groups (broad SMARTS) is 4. The van der Waals surface area contributed by atoms with Crippen molar-refractivity contribution in [2.24, 2.45) is 17.2 Å². The van der Waals surface area contributed by atoms with Gasteiger partial charge in [0.2, 0.25) is 0 Å². The summed E-state index contributed by atoms with van der Waals surface area (Å²) < 4.78 is 0. The smallest absolute Gasteiger partial charge is 0.320 e. The highest BCUT2D eigenvalue weighted by Crippen LogP contribution is 2.03. The van der Waals surface area contributed by atoms with Crippen molar-refractivity contribution in [3.63, 3.8) is 0 Å². The molecule has 1 fully saturated rings. The Kier molecular flexibility index (Phi) is 15.9. The summed E-state index contributed by atoms with van der Waals surface area (Å²) in [7, 11) is 0. The lowest BCUT2D eigenvalue weighted by molar-refractivity contribution is -0.141. The Bertz CT molecular complexity index is 469. The van der Waals surface area contributed by atoms with Crippen molar-refractivity contribution in [3.05, 3.63) is 0 Å². The first-order valence-corrected chi connectivity index (χ1v) is 8.37. The minimum atomic E-state index is -1.17. The van der Waals surface area contributed by atoms with Gasteiger partial charge >= 0.3 is 23.9 Å². The van der Waals surface area contributed by atoms with Crippen LogP contribution < -0.4 is 22.5 Å². The fraction of sp³-hybridized carbons (Fsp3) is 0.733. The van der Waals surface area contributed by atoms with Crippen LogP contribution in [0.3, 0.4) is 0 Å². The van der Waals surface area contributed by atoms with Gasteiger partial charge in [0.1, 0.15) is 18.1 Å². The highest BCUT2D eigenvalue weighted by Gasteiger charge is 2.20. The Morgan fingerprint density at radius 1 is 0.963 bits per heavy atom. The molecule has 12 nitrogen and oxygen atoms in total. The first kappa shape index (κ1) is 26.9. The highest BCUT2D eigenvalue weighted by molar-refractivity contribution is 5.75. The molecule has 1 aliphatic rings. The summed E-state index contributed by atoms with van der Waals surface area (Å²) in [6, 6.07) is -2.07. The standard InChI is InChI=1S/C5H12N2O2.C5H9NO4.C5H9NO2/c6-3-1-2-4(7)5(8)9;6-3(5(9)10)1-2-4(7)8;7-5(8)4-2-1-3-6-4/h4H,1-3,6-7H2,(H,8,9);3H,1-2,6H2,(H,7,8)(H,9,10);4,6H,1-3H2,(H,7,8)/t4-;3-;4-/m000/s1. The zero-order valence-electron chi connectivity index (χ0n) is 15.0. The number of nitrogens with two attached hydrogens (primary N) is 3. The van der Waals surface area contributed by atoms with Crippen molar-refractivity contribution in [2.45, 2.75) is 56.7 Å². The molecule has 0 amide bonds. The molecule has 158 valence electrons. The lowest BCUT2D eigenvalue weighted by Crippen LogP contribution is -2.30. The Balaban J connectivity index is 0. The van der Waals surface area contributed by atoms with Crippen molar-refractivity contribution in [1.82, 2.24) is 5.32 Å². The molecule has 0 aliphatic carbocycles. The van der Waals surface area contributed by atoms with Crippen LogP contribution in [0.1, 0.15) is 38.5 Å². The van der Waals surface area contributed by atoms with E-state index in [9.17, 15) is 19.2 Å². The first-order chi connectivity index (χ1) is 12.5. The molecule has 1 saturated heterocycles. The predicted molar refractivity (Wildman–Crippen MR) is 95.0 cm³/mol. The molecule has 0 unspecified atom stereocenters. The Labute approximate surface area is 156 Å². The lowest BCUT2D eigenvalue weighted by atomic mass is 10.2. The van der Waals surface area contributed by atoms with Crippen LogP contribution >= 0.6 is 0 Å². The summed E-state index contributed by atoms with van der Waals surface area (Å²) in [6.07, 6.45) is 2.70. The topological polar surface area (TPSA) is 239 Å². The van der Waals surface area contributed by atoms with Gasteiger partial charge in [-0.2, -0.15) is 0 Å². The van der Waals surface area contributed by atoms with Gasteiger partial charge < -0.3 is 42.9 Å². The van der Waals surface area contributed by atoms with Crippen LogP contribution in [0.15, 0.2) is 0 Å². The van der Waals surface area contributed by atoms with Crippen LogP contribution in [0.25, 0.3) is 0 Å². The number of hydrogen-bond acceptors (Lipinski definition) is 8. The van der Waals surface area contributed by atoms with E-state index in [0.717, 1.165) is 19.4 Å². The van der Waals surface area contributed by atoms with Gasteiger partial charge in [0, 0.05) is 6.42 Å². The fourth-order valence-electron chi connectivity index (χ4n) is 1.76. The molecular weight excluding hydrogens is 364 g/mol. The molecule has 27 heavy (non-hydrogen) atoms. The second-order valence-corrected chi connectivity index (χ2v) is 5.74. The van der Waals surface area contributed by atoms with E-state index in [4.69, 9.17) is 37.6 Å². The van der Waals surface area contributed by atoms with Crippen molar-refractivity contribution >= 4 is 23.9 Å². The van der Waals surface area contributed by atoms with Crippen molar-refractivity contribution in [3.8, 4) is 0 Å². The zero-order valence-corrected chi connectivity index (χ0v) is 15.0. The van der Waals surface area contributed by atoms with Crippen LogP contribution in [-0.2, 0) is 19.2 Å². The first-order valence-electron chi connectivity index (χ1n) is 8.37. The van der Waals surface area contributed by atoms with E-state index in [2.05, 4.69) is 5.32 Å². The maximum absolute atomic E-state index is 10.1. The minimum absolute atomic E-state index is 0.0231. The monoisotopic (exact) mass is 394 g/mol. The molecule has 0 radical (unpaired) electrons. The number of carboxylic acids is 4. The molecule has 0 aromatic heterocycles. The summed E-state index contributed by atoms with van der Waals surface area (Å²) in [5.74, 6) is -3.87. The summed E-state index contributed by atoms with van der Waals surface area (Å²) in [4.78, 5) is 40.1. The molecular formula is C15H30N4O8. The van der Waals surface area contributed by atoms with E-state index >= 15 is 0 Å². The maximum atomic E-state index is 10.1. The quantitative estimate of drug-likeness (QED) is 0.216. The molecule has 0 saturated carbocycles. The second kappa shape index (κ2) is 15.9. The van der Waals surface area contributed by atoms with Crippen molar-refractivity contribution < 1.29 is 39.6 Å². The molecule has 0 aromatic carbocycles. The normalized spacial score (nSPS) is 17.4. The zero-order chi connectivity index (χ0) is 21.4. The maximum Gasteiger partial charge on any atom is 0.320 e. The fourth-order valence-corrected chi connectivity index (χ4v) is 1.76. The molecule has 0 aromatic rings. The molecule has 12 heteroatoms. The van der Waals surface area contributed by atoms with Gasteiger partial charge in [0.25, 0.3) is 0 Å². The van der Waals surface area contributed by atoms with Gasteiger partial charge in [-0.3, -0.25) is 19.2 Å². The Hall–Kier alpha value is -2.28. The van der Waals surface area contributed by atoms with Gasteiger partial charge in [0.15, 0.2) is 0 Å². The van der Waals surface area contributed by atoms with E-state index in [1.165, 1.54) is 0 Å². The van der Waals surface area contributed by atoms with Crippen LogP contribution in [0.2, 0.25) is 0 Å². The Morgan fingerprint density at radius 3 is 1.78 bits per heavy atom. The average Bonchev–Trinajstić information content (AvgIpc) is 3.13. The molecule has 3 atom stereocenters. The van der Waals surface area contributed by atoms with Crippen LogP contribution in [0, 0.1) is 0 Å². The molecule has 1 rings (SSSR count). The number of rotatable bonds is 9. The average molecular weight is 394 g/mol. The summed E-state index contributed by atoms with van der Waals surface area (Å²) in [5, 5.41) is 35.7. The van der Waals surface area contributed by atoms with Gasteiger partial charge in [-0.1, -0.05) is 0 Å². The number of nitrogens with one attached hydrogen (secondary N) is 1. The third-order valence-electron chi connectivity index (χ3n) is 3.38. The van der Waals surface area contributed by atoms with E-state index in [1.807, 2.05) is 0 Å². The summed E-state index contributed by atoms with van der Waals surface area (Å²) >= 11 is 0.